The zero-order valence-corrected chi connectivity index (χ0v) is 24.9. The zero-order valence-electron chi connectivity index (χ0n) is 23.2. The van der Waals surface area contributed by atoms with Gasteiger partial charge in [0.1, 0.15) is 5.75 Å². The molecule has 0 aliphatic heterocycles. The number of nitrogens with zero attached hydrogens (tertiary/aromatic N) is 3. The molecule has 7 nitrogen and oxygen atoms in total. The van der Waals surface area contributed by atoms with Crippen LogP contribution in [0.15, 0.2) is 24.4 Å². The van der Waals surface area contributed by atoms with Gasteiger partial charge in [-0.1, -0.05) is 32.4 Å². The van der Waals surface area contributed by atoms with Gasteiger partial charge in [-0.25, -0.2) is 0 Å². The smallest absolute Gasteiger partial charge is 0.387 e. The predicted molar refractivity (Wildman–Crippen MR) is 147 cm³/mol. The summed E-state index contributed by atoms with van der Waals surface area (Å²) in [4.78, 5) is 0. The van der Waals surface area contributed by atoms with E-state index in [1.807, 2.05) is 11.5 Å². The Kier molecular flexibility index (Phi) is 7.84. The molecule has 4 rings (SSSR count). The number of rotatable bonds is 9. The van der Waals surface area contributed by atoms with Gasteiger partial charge >= 0.3 is 6.61 Å². The normalized spacial score (nSPS) is 20.2. The van der Waals surface area contributed by atoms with E-state index in [0.29, 0.717) is 33.1 Å². The van der Waals surface area contributed by atoms with Crippen LogP contribution in [0.4, 0.5) is 8.78 Å². The lowest BCUT2D eigenvalue weighted by Crippen LogP contribution is -2.54. The second kappa shape index (κ2) is 10.4. The van der Waals surface area contributed by atoms with E-state index in [4.69, 9.17) is 30.2 Å². The Labute approximate surface area is 228 Å². The molecule has 0 atom stereocenters. The van der Waals surface area contributed by atoms with E-state index < -0.39 is 14.9 Å². The minimum Gasteiger partial charge on any atom is -0.467 e. The van der Waals surface area contributed by atoms with Crippen molar-refractivity contribution >= 4 is 31.0 Å². The molecular weight excluding hydrogens is 532 g/mol. The summed E-state index contributed by atoms with van der Waals surface area (Å²) in [5.41, 5.74) is 2.10. The third-order valence-electron chi connectivity index (χ3n) is 7.65. The third kappa shape index (κ3) is 5.68. The van der Waals surface area contributed by atoms with E-state index in [1.54, 1.807) is 24.4 Å². The van der Waals surface area contributed by atoms with Gasteiger partial charge in [0, 0.05) is 29.9 Å². The van der Waals surface area contributed by atoms with Crippen molar-refractivity contribution in [1.82, 2.24) is 14.8 Å². The summed E-state index contributed by atoms with van der Waals surface area (Å²) in [5.74, 6) is 0.509. The van der Waals surface area contributed by atoms with Crippen LogP contribution >= 0.6 is 11.6 Å². The highest BCUT2D eigenvalue weighted by atomic mass is 35.5. The lowest BCUT2D eigenvalue weighted by atomic mass is 9.77. The number of aryl methyl sites for hydroxylation is 1. The molecule has 0 radical (unpaired) electrons. The van der Waals surface area contributed by atoms with Crippen molar-refractivity contribution < 1.29 is 27.4 Å². The zero-order chi connectivity index (χ0) is 28.0. The van der Waals surface area contributed by atoms with Gasteiger partial charge < -0.3 is 23.2 Å². The molecular formula is C27H36ClF2N3O4Si. The van der Waals surface area contributed by atoms with E-state index in [2.05, 4.69) is 51.0 Å². The highest BCUT2D eigenvalue weighted by molar-refractivity contribution is 6.74. The Bertz CT molecular complexity index is 1320. The van der Waals surface area contributed by atoms with E-state index >= 15 is 0 Å². The summed E-state index contributed by atoms with van der Waals surface area (Å²) in [6, 6.07) is 5.17. The van der Waals surface area contributed by atoms with Gasteiger partial charge in [0.2, 0.25) is 0 Å². The molecule has 0 saturated heterocycles. The van der Waals surface area contributed by atoms with Gasteiger partial charge in [-0.3, -0.25) is 0 Å². The second-order valence-electron chi connectivity index (χ2n) is 11.8. The molecule has 0 unspecified atom stereocenters. The quantitative estimate of drug-likeness (QED) is 0.194. The van der Waals surface area contributed by atoms with Crippen LogP contribution in [0.25, 0.3) is 22.3 Å². The molecule has 0 bridgehead atoms. The van der Waals surface area contributed by atoms with Crippen LogP contribution in [0.5, 0.6) is 11.5 Å². The second-order valence-corrected chi connectivity index (χ2v) is 16.9. The van der Waals surface area contributed by atoms with Crippen LogP contribution in [0.2, 0.25) is 23.2 Å². The van der Waals surface area contributed by atoms with Crippen LogP contribution in [0.3, 0.4) is 0 Å². The van der Waals surface area contributed by atoms with Crippen molar-refractivity contribution in [2.75, 3.05) is 13.9 Å². The SMILES string of the molecule is COCOc1cc(Cl)cc(C)c1-c1cc2c(OC(F)F)cn(C3CC(C)(O[Si](C)(C)C(C)(C)C)C3)c2nn1. The first kappa shape index (κ1) is 28.7. The number of hydrogen-bond acceptors (Lipinski definition) is 6. The molecule has 1 saturated carbocycles. The van der Waals surface area contributed by atoms with Gasteiger partial charge in [0.15, 0.2) is 26.5 Å². The topological polar surface area (TPSA) is 67.6 Å². The molecule has 0 amide bonds. The van der Waals surface area contributed by atoms with E-state index in [0.717, 1.165) is 18.4 Å². The highest BCUT2D eigenvalue weighted by Gasteiger charge is 2.49. The number of aromatic nitrogens is 3. The minimum absolute atomic E-state index is 0.00989. The Morgan fingerprint density at radius 1 is 1.16 bits per heavy atom. The van der Waals surface area contributed by atoms with Gasteiger partial charge in [-0.05, 0) is 68.6 Å². The van der Waals surface area contributed by atoms with E-state index in [-0.39, 0.29) is 29.2 Å². The van der Waals surface area contributed by atoms with Gasteiger partial charge in [-0.2, -0.15) is 8.78 Å². The summed E-state index contributed by atoms with van der Waals surface area (Å²) < 4.78 is 51.0. The van der Waals surface area contributed by atoms with Crippen molar-refractivity contribution in [3.63, 3.8) is 0 Å². The van der Waals surface area contributed by atoms with Crippen molar-refractivity contribution in [2.45, 2.75) is 83.8 Å². The minimum atomic E-state index is -2.97. The number of fused-ring (bicyclic) bond motifs is 1. The van der Waals surface area contributed by atoms with Gasteiger partial charge in [0.05, 0.1) is 16.7 Å². The molecule has 1 aliphatic rings. The van der Waals surface area contributed by atoms with Gasteiger partial charge in [-0.15, -0.1) is 10.2 Å². The summed E-state index contributed by atoms with van der Waals surface area (Å²) >= 11 is 6.24. The molecule has 11 heteroatoms. The van der Waals surface area contributed by atoms with Crippen molar-refractivity contribution in [3.8, 4) is 22.8 Å². The summed E-state index contributed by atoms with van der Waals surface area (Å²) in [5, 5.41) is 9.96. The number of methoxy groups -OCH3 is 1. The monoisotopic (exact) mass is 567 g/mol. The standard InChI is InChI=1S/C27H36ClF2N3O4Si/c1-16-9-17(28)10-21(35-15-34-6)23(16)20-11-19-22(36-25(29)30)14-33(24(19)32-31-20)18-12-27(5,13-18)37-38(7,8)26(2,3)4/h9-11,14,18,25H,12-13,15H2,1-8H3. The average molecular weight is 568 g/mol. The lowest BCUT2D eigenvalue weighted by molar-refractivity contribution is -0.0505. The number of hydrogen-bond donors (Lipinski definition) is 0. The number of halogens is 3. The van der Waals surface area contributed by atoms with Crippen LogP contribution in [0, 0.1) is 6.92 Å². The fraction of sp³-hybridized carbons (Fsp3) is 0.556. The fourth-order valence-corrected chi connectivity index (χ4v) is 6.84. The molecule has 0 N–H and O–H groups in total. The number of alkyl halides is 2. The van der Waals surface area contributed by atoms with Crippen LogP contribution in [-0.4, -0.2) is 49.2 Å². The molecule has 1 fully saturated rings. The average Bonchev–Trinajstić information content (AvgIpc) is 3.11. The van der Waals surface area contributed by atoms with Crippen LogP contribution in [0.1, 0.15) is 52.1 Å². The molecule has 1 aromatic carbocycles. The molecule has 2 aromatic heterocycles. The maximum absolute atomic E-state index is 13.4. The summed E-state index contributed by atoms with van der Waals surface area (Å²) in [6.45, 7) is 12.2. The molecule has 2 heterocycles. The summed E-state index contributed by atoms with van der Waals surface area (Å²) in [6.07, 6.45) is 3.08. The molecule has 0 spiro atoms. The van der Waals surface area contributed by atoms with Crippen molar-refractivity contribution in [2.24, 2.45) is 0 Å². The first-order valence-corrected chi connectivity index (χ1v) is 15.9. The van der Waals surface area contributed by atoms with Gasteiger partial charge in [0.25, 0.3) is 0 Å². The molecule has 208 valence electrons. The Hall–Kier alpha value is -2.27. The molecule has 1 aliphatic carbocycles. The number of benzene rings is 1. The molecule has 38 heavy (non-hydrogen) atoms. The third-order valence-corrected chi connectivity index (χ3v) is 12.5. The van der Waals surface area contributed by atoms with Crippen molar-refractivity contribution in [1.29, 1.82) is 0 Å². The van der Waals surface area contributed by atoms with Crippen LogP contribution < -0.4 is 9.47 Å². The maximum atomic E-state index is 13.4. The summed E-state index contributed by atoms with van der Waals surface area (Å²) in [7, 11) is -0.455. The fourth-order valence-electron chi connectivity index (χ4n) is 4.87. The predicted octanol–water partition coefficient (Wildman–Crippen LogP) is 7.76. The Morgan fingerprint density at radius 3 is 2.45 bits per heavy atom. The Balaban J connectivity index is 1.71. The first-order chi connectivity index (χ1) is 17.6. The lowest BCUT2D eigenvalue weighted by Gasteiger charge is -2.52. The number of ether oxygens (including phenoxy) is 3. The maximum Gasteiger partial charge on any atom is 0.387 e. The first-order valence-electron chi connectivity index (χ1n) is 12.6. The highest BCUT2D eigenvalue weighted by Crippen LogP contribution is 2.50. The van der Waals surface area contributed by atoms with Crippen LogP contribution in [-0.2, 0) is 9.16 Å². The van der Waals surface area contributed by atoms with E-state index in [9.17, 15) is 8.78 Å². The van der Waals surface area contributed by atoms with Crippen molar-refractivity contribution in [3.05, 3.63) is 35.0 Å². The molecule has 3 aromatic rings. The largest absolute Gasteiger partial charge is 0.467 e. The Morgan fingerprint density at radius 2 is 1.84 bits per heavy atom. The van der Waals surface area contributed by atoms with E-state index in [1.165, 1.54) is 7.11 Å².